The van der Waals surface area contributed by atoms with Crippen LogP contribution in [0.3, 0.4) is 0 Å². The van der Waals surface area contributed by atoms with E-state index in [2.05, 4.69) is 9.98 Å². The first kappa shape index (κ1) is 15.8. The number of aromatic amines is 1. The van der Waals surface area contributed by atoms with Gasteiger partial charge in [-0.15, -0.1) is 0 Å². The Labute approximate surface area is 148 Å². The summed E-state index contributed by atoms with van der Waals surface area (Å²) in [5.41, 5.74) is 2.28. The average molecular weight is 345 g/mol. The highest BCUT2D eigenvalue weighted by molar-refractivity contribution is 6.31. The number of fused-ring (bicyclic) bond motifs is 1. The van der Waals surface area contributed by atoms with Gasteiger partial charge in [-0.1, -0.05) is 36.4 Å². The van der Waals surface area contributed by atoms with Crippen LogP contribution in [0, 0.1) is 0 Å². The van der Waals surface area contributed by atoms with Crippen LogP contribution in [-0.4, -0.2) is 20.4 Å². The van der Waals surface area contributed by atoms with E-state index in [1.807, 2.05) is 31.2 Å². The smallest absolute Gasteiger partial charge is 0.335 e. The van der Waals surface area contributed by atoms with Gasteiger partial charge in [0.25, 0.3) is 5.56 Å². The van der Waals surface area contributed by atoms with Crippen LogP contribution < -0.4 is 11.2 Å². The lowest BCUT2D eigenvalue weighted by Gasteiger charge is -2.10. The van der Waals surface area contributed by atoms with E-state index in [1.165, 1.54) is 0 Å². The normalized spacial score (nSPS) is 14.3. The van der Waals surface area contributed by atoms with Crippen molar-refractivity contribution in [1.29, 1.82) is 0 Å². The number of nitrogens with one attached hydrogen (secondary N) is 1. The molecule has 26 heavy (non-hydrogen) atoms. The molecule has 3 aromatic rings. The van der Waals surface area contributed by atoms with Gasteiger partial charge in [-0.25, -0.2) is 9.36 Å². The molecular formula is C20H15N3O3. The van der Waals surface area contributed by atoms with E-state index in [4.69, 9.17) is 0 Å². The lowest BCUT2D eigenvalue weighted by atomic mass is 10.0. The molecule has 2 aromatic carbocycles. The Morgan fingerprint density at radius 3 is 2.50 bits per heavy atom. The second-order valence-electron chi connectivity index (χ2n) is 5.94. The molecule has 0 fully saturated rings. The molecule has 0 saturated heterocycles. The Bertz CT molecular complexity index is 1180. The molecule has 6 heteroatoms. The number of hydrogen-bond acceptors (Lipinski definition) is 4. The van der Waals surface area contributed by atoms with Crippen LogP contribution in [0.4, 0.5) is 5.69 Å². The summed E-state index contributed by atoms with van der Waals surface area (Å²) in [5, 5.41) is 10.7. The van der Waals surface area contributed by atoms with E-state index >= 15 is 0 Å². The lowest BCUT2D eigenvalue weighted by molar-refractivity contribution is 0.429. The van der Waals surface area contributed by atoms with Gasteiger partial charge in [0.05, 0.1) is 11.4 Å². The van der Waals surface area contributed by atoms with Crippen molar-refractivity contribution in [2.45, 2.75) is 6.92 Å². The van der Waals surface area contributed by atoms with Crippen LogP contribution in [0.2, 0.25) is 0 Å². The van der Waals surface area contributed by atoms with E-state index in [9.17, 15) is 14.7 Å². The lowest BCUT2D eigenvalue weighted by Crippen LogP contribution is -2.30. The Morgan fingerprint density at radius 2 is 1.73 bits per heavy atom. The minimum Gasteiger partial charge on any atom is -0.494 e. The molecular weight excluding hydrogens is 330 g/mol. The van der Waals surface area contributed by atoms with E-state index in [0.29, 0.717) is 5.69 Å². The Balaban J connectivity index is 1.96. The van der Waals surface area contributed by atoms with Gasteiger partial charge in [0.15, 0.2) is 0 Å². The largest absolute Gasteiger partial charge is 0.494 e. The fraction of sp³-hybridized carbons (Fsp3) is 0.0500. The van der Waals surface area contributed by atoms with Crippen molar-refractivity contribution in [3.63, 3.8) is 0 Å². The zero-order valence-electron chi connectivity index (χ0n) is 13.9. The van der Waals surface area contributed by atoms with Crippen LogP contribution in [0.25, 0.3) is 17.3 Å². The van der Waals surface area contributed by atoms with Gasteiger partial charge in [-0.05, 0) is 31.2 Å². The molecule has 128 valence electrons. The molecule has 1 aliphatic heterocycles. The number of aliphatic imine (C=N–C) groups is 1. The molecule has 0 aliphatic carbocycles. The average Bonchev–Trinajstić information content (AvgIpc) is 2.94. The van der Waals surface area contributed by atoms with Gasteiger partial charge < -0.3 is 5.11 Å². The fourth-order valence-electron chi connectivity index (χ4n) is 3.05. The summed E-state index contributed by atoms with van der Waals surface area (Å²) in [6, 6.07) is 16.2. The molecule has 2 N–H and O–H groups in total. The summed E-state index contributed by atoms with van der Waals surface area (Å²) in [6.07, 6.45) is 1.57. The molecule has 0 amide bonds. The van der Waals surface area contributed by atoms with Gasteiger partial charge in [-0.2, -0.15) is 0 Å². The summed E-state index contributed by atoms with van der Waals surface area (Å²) in [5.74, 6) is -0.408. The first-order valence-corrected chi connectivity index (χ1v) is 8.07. The SMILES string of the molecule is CC1=Nc2ccccc2/C1=C\c1c(O)n(-c2ccccc2)c(=O)[nH]c1=O. The van der Waals surface area contributed by atoms with Crippen LogP contribution in [0.15, 0.2) is 69.2 Å². The fourth-order valence-corrected chi connectivity index (χ4v) is 3.05. The van der Waals surface area contributed by atoms with Crippen molar-refractivity contribution in [3.8, 4) is 11.6 Å². The third kappa shape index (κ3) is 2.48. The van der Waals surface area contributed by atoms with Crippen molar-refractivity contribution in [2.75, 3.05) is 0 Å². The number of benzene rings is 2. The highest BCUT2D eigenvalue weighted by atomic mass is 16.3. The molecule has 1 aromatic heterocycles. The van der Waals surface area contributed by atoms with E-state index in [0.717, 1.165) is 27.1 Å². The van der Waals surface area contributed by atoms with Crippen molar-refractivity contribution in [3.05, 3.63) is 86.6 Å². The van der Waals surface area contributed by atoms with Crippen molar-refractivity contribution < 1.29 is 5.11 Å². The standard InChI is InChI=1S/C20H15N3O3/c1-12-15(14-9-5-6-10-17(14)21-12)11-16-18(24)22-20(26)23(19(16)25)13-7-3-2-4-8-13/h2-11,25H,1H3,(H,22,24,26)/b15-11-. The van der Waals surface area contributed by atoms with Crippen molar-refractivity contribution in [2.24, 2.45) is 4.99 Å². The molecule has 0 unspecified atom stereocenters. The predicted octanol–water partition coefficient (Wildman–Crippen LogP) is 2.88. The van der Waals surface area contributed by atoms with Gasteiger partial charge in [-0.3, -0.25) is 14.8 Å². The Morgan fingerprint density at radius 1 is 1.04 bits per heavy atom. The first-order valence-electron chi connectivity index (χ1n) is 8.07. The van der Waals surface area contributed by atoms with Crippen LogP contribution in [0.1, 0.15) is 18.1 Å². The highest BCUT2D eigenvalue weighted by Crippen LogP contribution is 2.36. The number of hydrogen-bond donors (Lipinski definition) is 2. The predicted molar refractivity (Wildman–Crippen MR) is 101 cm³/mol. The molecule has 6 nitrogen and oxygen atoms in total. The Hall–Kier alpha value is -3.67. The summed E-state index contributed by atoms with van der Waals surface area (Å²) in [4.78, 5) is 31.3. The minimum absolute atomic E-state index is 0.00899. The number of aromatic hydroxyl groups is 1. The van der Waals surface area contributed by atoms with E-state index in [1.54, 1.807) is 36.4 Å². The maximum atomic E-state index is 12.3. The molecule has 0 atom stereocenters. The molecule has 0 bridgehead atoms. The zero-order valence-corrected chi connectivity index (χ0v) is 13.9. The van der Waals surface area contributed by atoms with Crippen LogP contribution in [0.5, 0.6) is 5.88 Å². The first-order chi connectivity index (χ1) is 12.6. The summed E-state index contributed by atoms with van der Waals surface area (Å²) < 4.78 is 1.07. The van der Waals surface area contributed by atoms with E-state index < -0.39 is 17.1 Å². The van der Waals surface area contributed by atoms with Gasteiger partial charge in [0.1, 0.15) is 5.56 Å². The third-order valence-electron chi connectivity index (χ3n) is 4.30. The monoisotopic (exact) mass is 345 g/mol. The molecule has 4 rings (SSSR count). The summed E-state index contributed by atoms with van der Waals surface area (Å²) in [6.45, 7) is 1.84. The molecule has 2 heterocycles. The van der Waals surface area contributed by atoms with Gasteiger partial charge in [0.2, 0.25) is 5.88 Å². The van der Waals surface area contributed by atoms with Gasteiger partial charge >= 0.3 is 5.69 Å². The van der Waals surface area contributed by atoms with Crippen LogP contribution >= 0.6 is 0 Å². The zero-order chi connectivity index (χ0) is 18.3. The Kier molecular flexibility index (Phi) is 3.65. The highest BCUT2D eigenvalue weighted by Gasteiger charge is 2.20. The van der Waals surface area contributed by atoms with Crippen molar-refractivity contribution in [1.82, 2.24) is 9.55 Å². The molecule has 0 spiro atoms. The quantitative estimate of drug-likeness (QED) is 0.749. The topological polar surface area (TPSA) is 87.4 Å². The van der Waals surface area contributed by atoms with E-state index in [-0.39, 0.29) is 5.56 Å². The minimum atomic E-state index is -0.696. The second-order valence-corrected chi connectivity index (χ2v) is 5.94. The maximum Gasteiger partial charge on any atom is 0.335 e. The van der Waals surface area contributed by atoms with Crippen LogP contribution in [-0.2, 0) is 0 Å². The number of rotatable bonds is 2. The molecule has 1 aliphatic rings. The van der Waals surface area contributed by atoms with Crippen molar-refractivity contribution >= 4 is 23.0 Å². The summed E-state index contributed by atoms with van der Waals surface area (Å²) >= 11 is 0. The van der Waals surface area contributed by atoms with Gasteiger partial charge in [0, 0.05) is 16.8 Å². The number of aromatic nitrogens is 2. The number of nitrogens with zero attached hydrogens (tertiary/aromatic N) is 2. The third-order valence-corrected chi connectivity index (χ3v) is 4.30. The molecule has 0 saturated carbocycles. The number of para-hydroxylation sites is 2. The number of H-pyrrole nitrogens is 1. The maximum absolute atomic E-state index is 12.3. The summed E-state index contributed by atoms with van der Waals surface area (Å²) in [7, 11) is 0. The number of allylic oxidation sites excluding steroid dienone is 1. The second kappa shape index (κ2) is 6.00. The molecule has 0 radical (unpaired) electrons.